The van der Waals surface area contributed by atoms with Gasteiger partial charge in [0, 0.05) is 0 Å². The van der Waals surface area contributed by atoms with Gasteiger partial charge in [0.1, 0.15) is 9.76 Å². The Morgan fingerprint density at radius 3 is 2.07 bits per heavy atom. The van der Waals surface area contributed by atoms with Crippen LogP contribution in [0, 0.1) is 0 Å². The van der Waals surface area contributed by atoms with Gasteiger partial charge in [-0.3, -0.25) is 0 Å². The average molecular weight is 244 g/mol. The fourth-order valence-electron chi connectivity index (χ4n) is 2.40. The van der Waals surface area contributed by atoms with Gasteiger partial charge in [-0.2, -0.15) is 0 Å². The molecule has 0 spiro atoms. The average Bonchev–Trinajstić information content (AvgIpc) is 2.21. The molecule has 1 aliphatic rings. The summed E-state index contributed by atoms with van der Waals surface area (Å²) >= 11 is 0. The lowest BCUT2D eigenvalue weighted by Gasteiger charge is -2.21. The van der Waals surface area contributed by atoms with Crippen LogP contribution < -0.4 is 0 Å². The van der Waals surface area contributed by atoms with E-state index in [4.69, 9.17) is 4.12 Å². The zero-order valence-corrected chi connectivity index (χ0v) is 13.0. The van der Waals surface area contributed by atoms with Gasteiger partial charge in [0.05, 0.1) is 0 Å². The molecule has 0 N–H and O–H groups in total. The van der Waals surface area contributed by atoms with E-state index in [9.17, 15) is 0 Å². The second-order valence-electron chi connectivity index (χ2n) is 4.77. The summed E-state index contributed by atoms with van der Waals surface area (Å²) in [5.74, 6) is 0. The zero-order chi connectivity index (χ0) is 10.9. The molecule has 0 heterocycles. The van der Waals surface area contributed by atoms with Crippen molar-refractivity contribution in [2.24, 2.45) is 0 Å². The lowest BCUT2D eigenvalue weighted by Crippen LogP contribution is -2.21. The first-order valence-corrected chi connectivity index (χ1v) is 10.1. The third kappa shape index (κ3) is 5.88. The summed E-state index contributed by atoms with van der Waals surface area (Å²) in [5.41, 5.74) is 1.02. The van der Waals surface area contributed by atoms with Gasteiger partial charge in [-0.25, -0.2) is 0 Å². The van der Waals surface area contributed by atoms with Crippen molar-refractivity contribution in [3.8, 4) is 0 Å². The fourth-order valence-corrected chi connectivity index (χ4v) is 7.33. The molecule has 1 radical (unpaired) electrons. The molecular formula is C12H27OSi2. The maximum Gasteiger partial charge on any atom is 0.197 e. The largest absolute Gasteiger partial charge is 0.460 e. The van der Waals surface area contributed by atoms with Crippen molar-refractivity contribution in [1.29, 1.82) is 0 Å². The van der Waals surface area contributed by atoms with E-state index in [2.05, 4.69) is 13.8 Å². The lowest BCUT2D eigenvalue weighted by molar-refractivity contribution is 0.475. The van der Waals surface area contributed by atoms with Crippen molar-refractivity contribution in [3.63, 3.8) is 0 Å². The molecule has 1 nitrogen and oxygen atoms in total. The molecule has 0 amide bonds. The van der Waals surface area contributed by atoms with E-state index in [-0.39, 0.29) is 18.8 Å². The number of hydrogen-bond acceptors (Lipinski definition) is 1. The summed E-state index contributed by atoms with van der Waals surface area (Å²) in [5, 5.41) is 0. The van der Waals surface area contributed by atoms with Gasteiger partial charge in [-0.05, 0) is 17.6 Å². The molecule has 0 aromatic rings. The third-order valence-electron chi connectivity index (χ3n) is 3.54. The topological polar surface area (TPSA) is 9.23 Å². The molecule has 0 aromatic heterocycles. The van der Waals surface area contributed by atoms with Gasteiger partial charge >= 0.3 is 0 Å². The molecule has 0 bridgehead atoms. The van der Waals surface area contributed by atoms with Crippen LogP contribution in [0.4, 0.5) is 0 Å². The smallest absolute Gasteiger partial charge is 0.197 e. The van der Waals surface area contributed by atoms with Crippen LogP contribution in [0.25, 0.3) is 0 Å². The van der Waals surface area contributed by atoms with E-state index in [1.807, 2.05) is 0 Å². The summed E-state index contributed by atoms with van der Waals surface area (Å²) in [6.45, 7) is 4.59. The van der Waals surface area contributed by atoms with Crippen molar-refractivity contribution < 1.29 is 4.12 Å². The molecule has 0 atom stereocenters. The van der Waals surface area contributed by atoms with Gasteiger partial charge in [-0.15, -0.1) is 0 Å². The monoisotopic (exact) mass is 243 g/mol. The van der Waals surface area contributed by atoms with E-state index >= 15 is 0 Å². The van der Waals surface area contributed by atoms with Gasteiger partial charge < -0.3 is 4.12 Å². The Labute approximate surface area is 99.7 Å². The van der Waals surface area contributed by atoms with Crippen LogP contribution in [0.3, 0.4) is 0 Å². The minimum Gasteiger partial charge on any atom is -0.460 e. The summed E-state index contributed by atoms with van der Waals surface area (Å²) in [6, 6.07) is 2.61. The Kier molecular flexibility index (Phi) is 7.66. The highest BCUT2D eigenvalue weighted by atomic mass is 28.3. The van der Waals surface area contributed by atoms with E-state index in [1.54, 1.807) is 0 Å². The van der Waals surface area contributed by atoms with Crippen LogP contribution in [0.15, 0.2) is 0 Å². The van der Waals surface area contributed by atoms with Gasteiger partial charge in [0.15, 0.2) is 9.04 Å². The van der Waals surface area contributed by atoms with Crippen molar-refractivity contribution in [3.05, 3.63) is 0 Å². The first-order valence-electron chi connectivity index (χ1n) is 6.84. The SMILES string of the molecule is CC[Si](CC)O[SiH2]C1CCCCCCC1. The Balaban J connectivity index is 2.16. The highest BCUT2D eigenvalue weighted by molar-refractivity contribution is 6.58. The fraction of sp³-hybridized carbons (Fsp3) is 1.00. The van der Waals surface area contributed by atoms with Crippen LogP contribution in [-0.4, -0.2) is 18.8 Å². The van der Waals surface area contributed by atoms with Crippen molar-refractivity contribution in [2.75, 3.05) is 0 Å². The lowest BCUT2D eigenvalue weighted by atomic mass is 10.0. The summed E-state index contributed by atoms with van der Waals surface area (Å²) < 4.78 is 6.22. The van der Waals surface area contributed by atoms with Crippen molar-refractivity contribution in [2.45, 2.75) is 76.4 Å². The first-order chi connectivity index (χ1) is 7.36. The summed E-state index contributed by atoms with van der Waals surface area (Å²) in [6.07, 6.45) is 10.3. The molecule has 1 saturated carbocycles. The van der Waals surface area contributed by atoms with Crippen LogP contribution in [-0.2, 0) is 4.12 Å². The summed E-state index contributed by atoms with van der Waals surface area (Å²) in [7, 11) is -0.577. The highest BCUT2D eigenvalue weighted by Crippen LogP contribution is 2.26. The molecular weight excluding hydrogens is 216 g/mol. The van der Waals surface area contributed by atoms with Crippen molar-refractivity contribution >= 4 is 18.8 Å². The predicted octanol–water partition coefficient (Wildman–Crippen LogP) is 3.65. The molecule has 15 heavy (non-hydrogen) atoms. The zero-order valence-electron chi connectivity index (χ0n) is 10.6. The van der Waals surface area contributed by atoms with E-state index in [0.717, 1.165) is 5.54 Å². The quantitative estimate of drug-likeness (QED) is 0.670. The minimum atomic E-state index is -0.381. The highest BCUT2D eigenvalue weighted by Gasteiger charge is 2.15. The molecule has 0 aliphatic heterocycles. The van der Waals surface area contributed by atoms with Crippen LogP contribution in [0.1, 0.15) is 58.8 Å². The van der Waals surface area contributed by atoms with Crippen LogP contribution in [0.2, 0.25) is 17.6 Å². The van der Waals surface area contributed by atoms with Gasteiger partial charge in [0.2, 0.25) is 0 Å². The Morgan fingerprint density at radius 2 is 1.53 bits per heavy atom. The summed E-state index contributed by atoms with van der Waals surface area (Å²) in [4.78, 5) is 0. The van der Waals surface area contributed by atoms with Gasteiger partial charge in [-0.1, -0.05) is 58.8 Å². The second-order valence-corrected chi connectivity index (χ2v) is 9.90. The third-order valence-corrected chi connectivity index (χ3v) is 8.70. The molecule has 1 fully saturated rings. The number of hydrogen-bond donors (Lipinski definition) is 0. The van der Waals surface area contributed by atoms with E-state index in [1.165, 1.54) is 57.0 Å². The molecule has 89 valence electrons. The maximum atomic E-state index is 6.22. The van der Waals surface area contributed by atoms with E-state index in [0.29, 0.717) is 0 Å². The Morgan fingerprint density at radius 1 is 1.00 bits per heavy atom. The molecule has 3 heteroatoms. The number of rotatable bonds is 5. The molecule has 0 saturated heterocycles. The molecule has 0 unspecified atom stereocenters. The van der Waals surface area contributed by atoms with Crippen LogP contribution >= 0.6 is 0 Å². The molecule has 1 rings (SSSR count). The maximum absolute atomic E-state index is 6.22. The van der Waals surface area contributed by atoms with Gasteiger partial charge in [0.25, 0.3) is 0 Å². The first kappa shape index (κ1) is 13.5. The van der Waals surface area contributed by atoms with E-state index < -0.39 is 0 Å². The molecule has 1 aliphatic carbocycles. The Hall–Kier alpha value is 0.394. The van der Waals surface area contributed by atoms with Crippen molar-refractivity contribution in [1.82, 2.24) is 0 Å². The van der Waals surface area contributed by atoms with Crippen LogP contribution in [0.5, 0.6) is 0 Å². The second kappa shape index (κ2) is 8.53. The Bertz CT molecular complexity index is 141. The minimum absolute atomic E-state index is 0.196. The molecule has 0 aromatic carbocycles. The predicted molar refractivity (Wildman–Crippen MR) is 72.4 cm³/mol. The standard InChI is InChI=1S/C12H27OSi2/c1-3-15(4-2)13-14-12-10-8-6-5-7-9-11-12/h12H,3-11,14H2,1-2H3. The normalized spacial score (nSPS) is 21.0.